The molecule has 1 atom stereocenters. The van der Waals surface area contributed by atoms with E-state index in [-0.39, 0.29) is 11.3 Å². The smallest absolute Gasteiger partial charge is 0.296 e. The summed E-state index contributed by atoms with van der Waals surface area (Å²) < 4.78 is 12.0. The summed E-state index contributed by atoms with van der Waals surface area (Å²) in [6.07, 6.45) is 3.11. The number of aliphatic hydroxyl groups excluding tert-OH is 1. The summed E-state index contributed by atoms with van der Waals surface area (Å²) in [7, 11) is 1.46. The molecule has 0 radical (unpaired) electrons. The first-order chi connectivity index (χ1) is 18.3. The second-order valence-electron chi connectivity index (χ2n) is 8.66. The number of furan rings is 1. The van der Waals surface area contributed by atoms with E-state index in [4.69, 9.17) is 32.4 Å². The van der Waals surface area contributed by atoms with Gasteiger partial charge in [-0.3, -0.25) is 19.5 Å². The molecule has 0 aliphatic carbocycles. The number of aliphatic hydroxyl groups is 1. The molecular formula is C27H17Cl2N3O5S. The van der Waals surface area contributed by atoms with E-state index in [1.807, 2.05) is 13.0 Å². The van der Waals surface area contributed by atoms with Gasteiger partial charge in [-0.15, -0.1) is 0 Å². The van der Waals surface area contributed by atoms with Crippen LogP contribution in [0.25, 0.3) is 21.2 Å². The molecule has 1 aliphatic rings. The number of nitrogens with zero attached hydrogens (tertiary/aromatic N) is 3. The summed E-state index contributed by atoms with van der Waals surface area (Å²) in [5.41, 5.74) is 2.14. The summed E-state index contributed by atoms with van der Waals surface area (Å²) in [6.45, 7) is 1.88. The average Bonchev–Trinajstić information content (AvgIpc) is 3.58. The number of carbonyl (C=O) groups is 2. The molecule has 1 unspecified atom stereocenters. The second-order valence-corrected chi connectivity index (χ2v) is 10.5. The van der Waals surface area contributed by atoms with Gasteiger partial charge in [-0.1, -0.05) is 40.6 Å². The molecule has 0 fully saturated rings. The van der Waals surface area contributed by atoms with Crippen LogP contribution in [0.4, 0.5) is 5.13 Å². The third-order valence-corrected chi connectivity index (χ3v) is 7.95. The maximum absolute atomic E-state index is 13.9. The van der Waals surface area contributed by atoms with Gasteiger partial charge in [0.25, 0.3) is 5.91 Å². The molecule has 0 saturated heterocycles. The first-order valence-corrected chi connectivity index (χ1v) is 12.9. The van der Waals surface area contributed by atoms with Crippen LogP contribution in [-0.2, 0) is 4.79 Å². The number of anilines is 1. The van der Waals surface area contributed by atoms with Gasteiger partial charge in [0, 0.05) is 33.9 Å². The summed E-state index contributed by atoms with van der Waals surface area (Å²) in [5, 5.41) is 12.8. The number of pyridine rings is 1. The summed E-state index contributed by atoms with van der Waals surface area (Å²) in [5.74, 6) is -1.86. The normalized spacial score (nSPS) is 15.7. The van der Waals surface area contributed by atoms with Crippen LogP contribution in [0.2, 0.25) is 10.0 Å². The largest absolute Gasteiger partial charge is 0.503 e. The van der Waals surface area contributed by atoms with E-state index in [1.165, 1.54) is 35.6 Å². The number of Topliss-reactive ketones (excluding diaryl/α,β-unsaturated/α-hetero) is 1. The van der Waals surface area contributed by atoms with Crippen LogP contribution in [-0.4, -0.2) is 33.9 Å². The number of benzene rings is 2. The lowest BCUT2D eigenvalue weighted by molar-refractivity contribution is -0.117. The van der Waals surface area contributed by atoms with Gasteiger partial charge in [0.2, 0.25) is 5.78 Å². The predicted molar refractivity (Wildman–Crippen MR) is 146 cm³/mol. The molecule has 11 heteroatoms. The molecule has 1 amide bonds. The Kier molecular flexibility index (Phi) is 5.86. The third kappa shape index (κ3) is 3.82. The molecule has 1 aliphatic heterocycles. The van der Waals surface area contributed by atoms with Crippen molar-refractivity contribution < 1.29 is 23.8 Å². The molecule has 38 heavy (non-hydrogen) atoms. The highest BCUT2D eigenvalue weighted by atomic mass is 35.5. The Morgan fingerprint density at radius 2 is 2.03 bits per heavy atom. The maximum Gasteiger partial charge on any atom is 0.296 e. The van der Waals surface area contributed by atoms with Crippen molar-refractivity contribution in [2.75, 3.05) is 12.0 Å². The van der Waals surface area contributed by atoms with E-state index in [9.17, 15) is 14.7 Å². The number of aryl methyl sites for hydroxylation is 1. The Hall–Kier alpha value is -3.92. The Bertz CT molecular complexity index is 1770. The van der Waals surface area contributed by atoms with Gasteiger partial charge in [-0.05, 0) is 48.4 Å². The van der Waals surface area contributed by atoms with Crippen LogP contribution in [0.1, 0.15) is 27.7 Å². The minimum Gasteiger partial charge on any atom is -0.503 e. The Morgan fingerprint density at radius 1 is 1.21 bits per heavy atom. The first kappa shape index (κ1) is 24.4. The summed E-state index contributed by atoms with van der Waals surface area (Å²) >= 11 is 13.7. The molecule has 0 spiro atoms. The van der Waals surface area contributed by atoms with E-state index < -0.39 is 23.5 Å². The van der Waals surface area contributed by atoms with Crippen molar-refractivity contribution in [1.82, 2.24) is 9.97 Å². The topological polar surface area (TPSA) is 106 Å². The molecule has 1 N–H and O–H groups in total. The number of carbonyl (C=O) groups excluding carboxylic acids is 2. The zero-order valence-electron chi connectivity index (χ0n) is 19.9. The van der Waals surface area contributed by atoms with Crippen LogP contribution in [0.15, 0.2) is 70.6 Å². The van der Waals surface area contributed by atoms with Gasteiger partial charge in [0.05, 0.1) is 28.9 Å². The van der Waals surface area contributed by atoms with Crippen molar-refractivity contribution in [1.29, 1.82) is 0 Å². The summed E-state index contributed by atoms with van der Waals surface area (Å²) in [4.78, 5) is 37.4. The van der Waals surface area contributed by atoms with Crippen molar-refractivity contribution in [2.45, 2.75) is 13.0 Å². The van der Waals surface area contributed by atoms with E-state index in [0.717, 1.165) is 10.3 Å². The Morgan fingerprint density at radius 3 is 2.76 bits per heavy atom. The SMILES string of the molecule is COc1cc(Cl)cc2cc(C(=O)C3=C(O)C(=O)N(c4nc5cc(Cl)c(C)cc5s4)C3c3cccnc3)oc12. The van der Waals surface area contributed by atoms with Crippen molar-refractivity contribution >= 4 is 72.5 Å². The van der Waals surface area contributed by atoms with Gasteiger partial charge in [-0.25, -0.2) is 4.98 Å². The fourth-order valence-corrected chi connectivity index (χ4v) is 5.96. The van der Waals surface area contributed by atoms with Gasteiger partial charge < -0.3 is 14.3 Å². The minimum absolute atomic E-state index is 0.0858. The second kappa shape index (κ2) is 9.13. The number of fused-ring (bicyclic) bond motifs is 2. The van der Waals surface area contributed by atoms with Crippen molar-refractivity contribution in [3.05, 3.63) is 93.1 Å². The molecule has 3 aromatic heterocycles. The molecule has 0 saturated carbocycles. The highest BCUT2D eigenvalue weighted by molar-refractivity contribution is 7.22. The number of halogens is 2. The van der Waals surface area contributed by atoms with Gasteiger partial charge in [0.15, 0.2) is 28.0 Å². The lowest BCUT2D eigenvalue weighted by Gasteiger charge is -2.23. The number of hydrogen-bond donors (Lipinski definition) is 1. The van der Waals surface area contributed by atoms with E-state index in [1.54, 1.807) is 36.5 Å². The number of thiazole rings is 1. The molecule has 2 aromatic carbocycles. The third-order valence-electron chi connectivity index (χ3n) is 6.31. The Labute approximate surface area is 229 Å². The number of ketones is 1. The van der Waals surface area contributed by atoms with E-state index >= 15 is 0 Å². The predicted octanol–water partition coefficient (Wildman–Crippen LogP) is 6.84. The standard InChI is InChI=1S/C27H17Cl2N3O5S/c1-12-6-20-17(10-16(12)29)31-27(38-20)32-22(13-4-3-5-30-11-13)21(24(34)26(32)35)23(33)18-8-14-7-15(28)9-19(36-2)25(14)37-18/h3-11,22,34H,1-2H3. The highest BCUT2D eigenvalue weighted by Gasteiger charge is 2.46. The highest BCUT2D eigenvalue weighted by Crippen LogP contribution is 2.45. The summed E-state index contributed by atoms with van der Waals surface area (Å²) in [6, 6.07) is 10.7. The zero-order chi connectivity index (χ0) is 26.7. The number of rotatable bonds is 5. The van der Waals surface area contributed by atoms with E-state index in [0.29, 0.717) is 43.0 Å². The molecule has 4 heterocycles. The number of amides is 1. The quantitative estimate of drug-likeness (QED) is 0.232. The van der Waals surface area contributed by atoms with Crippen molar-refractivity contribution in [2.24, 2.45) is 0 Å². The lowest BCUT2D eigenvalue weighted by Crippen LogP contribution is -2.31. The van der Waals surface area contributed by atoms with Crippen molar-refractivity contribution in [3.8, 4) is 5.75 Å². The molecule has 190 valence electrons. The van der Waals surface area contributed by atoms with Crippen LogP contribution in [0, 0.1) is 6.92 Å². The molecule has 6 rings (SSSR count). The molecule has 8 nitrogen and oxygen atoms in total. The minimum atomic E-state index is -1.00. The van der Waals surface area contributed by atoms with Crippen LogP contribution < -0.4 is 9.64 Å². The monoisotopic (exact) mass is 565 g/mol. The zero-order valence-corrected chi connectivity index (χ0v) is 22.2. The number of methoxy groups -OCH3 is 1. The van der Waals surface area contributed by atoms with Crippen LogP contribution >= 0.6 is 34.5 Å². The lowest BCUT2D eigenvalue weighted by atomic mass is 9.96. The molecular weight excluding hydrogens is 549 g/mol. The van der Waals surface area contributed by atoms with E-state index in [2.05, 4.69) is 9.97 Å². The molecule has 0 bridgehead atoms. The van der Waals surface area contributed by atoms with Gasteiger partial charge in [-0.2, -0.15) is 0 Å². The first-order valence-electron chi connectivity index (χ1n) is 11.3. The van der Waals surface area contributed by atoms with Gasteiger partial charge in [0.1, 0.15) is 0 Å². The number of ether oxygens (including phenoxy) is 1. The van der Waals surface area contributed by atoms with Crippen LogP contribution in [0.5, 0.6) is 5.75 Å². The maximum atomic E-state index is 13.9. The van der Waals surface area contributed by atoms with Gasteiger partial charge >= 0.3 is 0 Å². The Balaban J connectivity index is 1.50. The molecule has 5 aromatic rings. The number of hydrogen-bond acceptors (Lipinski definition) is 8. The van der Waals surface area contributed by atoms with Crippen LogP contribution in [0.3, 0.4) is 0 Å². The average molecular weight is 566 g/mol. The van der Waals surface area contributed by atoms with Crippen molar-refractivity contribution in [3.63, 3.8) is 0 Å². The fraction of sp³-hybridized carbons (Fsp3) is 0.111. The fourth-order valence-electron chi connectivity index (χ4n) is 4.51. The number of aromatic nitrogens is 2.